The molecule has 160 valence electrons. The molecule has 0 saturated heterocycles. The van der Waals surface area contributed by atoms with Crippen LogP contribution in [0.25, 0.3) is 38.8 Å². The molecule has 3 heterocycles. The van der Waals surface area contributed by atoms with Gasteiger partial charge in [0.15, 0.2) is 0 Å². The molecule has 0 amide bonds. The Morgan fingerprint density at radius 1 is 0.882 bits per heavy atom. The lowest BCUT2D eigenvalue weighted by atomic mass is 9.91. The van der Waals surface area contributed by atoms with Gasteiger partial charge in [0.25, 0.3) is 0 Å². The first-order chi connectivity index (χ1) is 16.8. The zero-order valence-corrected chi connectivity index (χ0v) is 18.2. The van der Waals surface area contributed by atoms with Crippen LogP contribution in [0, 0.1) is 11.3 Å². The highest BCUT2D eigenvalue weighted by atomic mass is 16.5. The Morgan fingerprint density at radius 2 is 1.74 bits per heavy atom. The van der Waals surface area contributed by atoms with Crippen LogP contribution in [-0.2, 0) is 0 Å². The maximum absolute atomic E-state index is 9.44. The lowest BCUT2D eigenvalue weighted by Gasteiger charge is -2.15. The van der Waals surface area contributed by atoms with Gasteiger partial charge in [-0.25, -0.2) is 0 Å². The first-order valence-electron chi connectivity index (χ1n) is 11.4. The van der Waals surface area contributed by atoms with Crippen molar-refractivity contribution in [2.45, 2.75) is 12.0 Å². The molecule has 0 radical (unpaired) electrons. The van der Waals surface area contributed by atoms with E-state index in [1.165, 1.54) is 10.9 Å². The van der Waals surface area contributed by atoms with Crippen LogP contribution in [0.2, 0.25) is 0 Å². The summed E-state index contributed by atoms with van der Waals surface area (Å²) >= 11 is 0. The number of hydrogen-bond donors (Lipinski definition) is 0. The average molecular weight is 438 g/mol. The van der Waals surface area contributed by atoms with E-state index in [1.54, 1.807) is 12.3 Å². The second-order valence-corrected chi connectivity index (χ2v) is 8.67. The monoisotopic (exact) mass is 437 g/mol. The summed E-state index contributed by atoms with van der Waals surface area (Å²) in [7, 11) is 0. The van der Waals surface area contributed by atoms with E-state index < -0.39 is 0 Å². The number of nitrogens with zero attached hydrogens (tertiary/aromatic N) is 3. The van der Waals surface area contributed by atoms with Crippen LogP contribution in [-0.4, -0.2) is 15.7 Å². The van der Waals surface area contributed by atoms with Crippen molar-refractivity contribution in [1.82, 2.24) is 9.55 Å². The number of pyridine rings is 1. The third-order valence-electron chi connectivity index (χ3n) is 6.83. The molecule has 7 rings (SSSR count). The number of allylic oxidation sites excluding steroid dienone is 2. The van der Waals surface area contributed by atoms with E-state index in [-0.39, 0.29) is 12.0 Å². The van der Waals surface area contributed by atoms with E-state index in [0.717, 1.165) is 39.1 Å². The predicted molar refractivity (Wildman–Crippen MR) is 134 cm³/mol. The van der Waals surface area contributed by atoms with E-state index >= 15 is 0 Å². The van der Waals surface area contributed by atoms with E-state index in [9.17, 15) is 5.26 Å². The largest absolute Gasteiger partial charge is 0.483 e. The molecule has 4 heteroatoms. The number of fused-ring (bicyclic) bond motifs is 7. The molecular formula is C30H19N3O. The summed E-state index contributed by atoms with van der Waals surface area (Å²) < 4.78 is 8.88. The number of rotatable bonds is 2. The van der Waals surface area contributed by atoms with Gasteiger partial charge in [-0.05, 0) is 30.3 Å². The van der Waals surface area contributed by atoms with Crippen molar-refractivity contribution in [3.8, 4) is 28.8 Å². The standard InChI is InChI=1S/C30H19N3O/c31-18-19-15-16-32-25(17-19)24-9-2-5-11-27(24)33-26-10-4-1-7-20(26)22-13-14-23-21-8-3-6-12-28(21)34-30(23)29(22)33/h1-17,21,28H/t21-,28?/m1/s1. The first-order valence-corrected chi connectivity index (χ1v) is 11.4. The molecule has 0 saturated carbocycles. The molecule has 0 bridgehead atoms. The van der Waals surface area contributed by atoms with Gasteiger partial charge in [0, 0.05) is 34.0 Å². The fourth-order valence-corrected chi connectivity index (χ4v) is 5.33. The molecule has 1 aliphatic heterocycles. The Labute approximate surface area is 196 Å². The second-order valence-electron chi connectivity index (χ2n) is 8.67. The summed E-state index contributed by atoms with van der Waals surface area (Å²) in [5, 5.41) is 11.8. The molecule has 3 aromatic carbocycles. The molecule has 1 aliphatic carbocycles. The van der Waals surface area contributed by atoms with Gasteiger partial charge in [-0.3, -0.25) is 4.98 Å². The number of benzene rings is 3. The number of ether oxygens (including phenoxy) is 1. The molecule has 0 N–H and O–H groups in total. The number of hydrogen-bond acceptors (Lipinski definition) is 3. The molecule has 2 atom stereocenters. The zero-order valence-electron chi connectivity index (χ0n) is 18.2. The van der Waals surface area contributed by atoms with Gasteiger partial charge in [0.2, 0.25) is 0 Å². The Hall–Kier alpha value is -4.62. The van der Waals surface area contributed by atoms with E-state index in [1.807, 2.05) is 18.2 Å². The quantitative estimate of drug-likeness (QED) is 0.309. The first kappa shape index (κ1) is 18.9. The maximum atomic E-state index is 9.44. The van der Waals surface area contributed by atoms with Crippen molar-refractivity contribution < 1.29 is 4.74 Å². The Balaban J connectivity index is 1.58. The SMILES string of the molecule is N#Cc1ccnc(-c2ccccc2-n2c3ccccc3c3ccc4c(c32)OC2C=CC=C[C@H]42)c1. The van der Waals surface area contributed by atoms with Gasteiger partial charge in [0.1, 0.15) is 11.9 Å². The Bertz CT molecular complexity index is 1720. The fourth-order valence-electron chi connectivity index (χ4n) is 5.33. The van der Waals surface area contributed by atoms with Crippen molar-refractivity contribution in [3.05, 3.63) is 114 Å². The van der Waals surface area contributed by atoms with Gasteiger partial charge in [-0.2, -0.15) is 5.26 Å². The lowest BCUT2D eigenvalue weighted by molar-refractivity contribution is 0.271. The molecule has 2 aliphatic rings. The Kier molecular flexibility index (Phi) is 4.00. The Morgan fingerprint density at radius 3 is 2.68 bits per heavy atom. The molecule has 4 nitrogen and oxygen atoms in total. The summed E-state index contributed by atoms with van der Waals surface area (Å²) in [5.74, 6) is 1.16. The highest BCUT2D eigenvalue weighted by Gasteiger charge is 2.35. The van der Waals surface area contributed by atoms with Crippen LogP contribution >= 0.6 is 0 Å². The van der Waals surface area contributed by atoms with Crippen LogP contribution in [0.5, 0.6) is 5.75 Å². The summed E-state index contributed by atoms with van der Waals surface area (Å²) in [5.41, 5.74) is 6.73. The van der Waals surface area contributed by atoms with Crippen molar-refractivity contribution in [2.75, 3.05) is 0 Å². The molecule has 5 aromatic rings. The van der Waals surface area contributed by atoms with Crippen molar-refractivity contribution in [3.63, 3.8) is 0 Å². The summed E-state index contributed by atoms with van der Waals surface area (Å²) in [4.78, 5) is 4.61. The minimum Gasteiger partial charge on any atom is -0.483 e. The number of nitriles is 1. The smallest absolute Gasteiger partial charge is 0.148 e. The highest BCUT2D eigenvalue weighted by Crippen LogP contribution is 2.48. The molecule has 1 unspecified atom stereocenters. The average Bonchev–Trinajstić information content (AvgIpc) is 3.44. The minimum absolute atomic E-state index is 0.0151. The van der Waals surface area contributed by atoms with E-state index in [4.69, 9.17) is 4.74 Å². The second kappa shape index (κ2) is 7.19. The van der Waals surface area contributed by atoms with Gasteiger partial charge in [-0.15, -0.1) is 0 Å². The van der Waals surface area contributed by atoms with Gasteiger partial charge in [0.05, 0.1) is 34.0 Å². The summed E-state index contributed by atoms with van der Waals surface area (Å²) in [6.07, 6.45) is 10.2. The molecule has 0 spiro atoms. The van der Waals surface area contributed by atoms with E-state index in [0.29, 0.717) is 5.56 Å². The van der Waals surface area contributed by atoms with Crippen molar-refractivity contribution >= 4 is 21.8 Å². The predicted octanol–water partition coefficient (Wildman–Crippen LogP) is 6.69. The van der Waals surface area contributed by atoms with Crippen molar-refractivity contribution in [1.29, 1.82) is 5.26 Å². The van der Waals surface area contributed by atoms with Crippen LogP contribution in [0.4, 0.5) is 0 Å². The topological polar surface area (TPSA) is 50.8 Å². The lowest BCUT2D eigenvalue weighted by Crippen LogP contribution is -2.15. The third kappa shape index (κ3) is 2.61. The van der Waals surface area contributed by atoms with Crippen LogP contribution in [0.1, 0.15) is 17.0 Å². The fraction of sp³-hybridized carbons (Fsp3) is 0.0667. The highest BCUT2D eigenvalue weighted by molar-refractivity contribution is 6.12. The van der Waals surface area contributed by atoms with Crippen LogP contribution < -0.4 is 4.74 Å². The van der Waals surface area contributed by atoms with Crippen LogP contribution in [0.3, 0.4) is 0 Å². The summed E-state index contributed by atoms with van der Waals surface area (Å²) in [6, 6.07) is 27.0. The summed E-state index contributed by atoms with van der Waals surface area (Å²) in [6.45, 7) is 0. The minimum atomic E-state index is 0.0151. The zero-order chi connectivity index (χ0) is 22.6. The van der Waals surface area contributed by atoms with Crippen LogP contribution in [0.15, 0.2) is 103 Å². The third-order valence-corrected chi connectivity index (χ3v) is 6.83. The van der Waals surface area contributed by atoms with Crippen molar-refractivity contribution in [2.24, 2.45) is 0 Å². The molecular weight excluding hydrogens is 418 g/mol. The number of para-hydroxylation sites is 2. The normalized spacial score (nSPS) is 18.0. The van der Waals surface area contributed by atoms with Gasteiger partial charge in [-0.1, -0.05) is 66.8 Å². The molecule has 34 heavy (non-hydrogen) atoms. The van der Waals surface area contributed by atoms with E-state index in [2.05, 4.69) is 88.5 Å². The number of aromatic nitrogens is 2. The molecule has 2 aromatic heterocycles. The van der Waals surface area contributed by atoms with Gasteiger partial charge >= 0.3 is 0 Å². The molecule has 0 fully saturated rings. The maximum Gasteiger partial charge on any atom is 0.148 e. The van der Waals surface area contributed by atoms with Gasteiger partial charge < -0.3 is 9.30 Å².